The van der Waals surface area contributed by atoms with Crippen LogP contribution in [-0.2, 0) is 0 Å². The quantitative estimate of drug-likeness (QED) is 0.328. The van der Waals surface area contributed by atoms with Gasteiger partial charge >= 0.3 is 0 Å². The van der Waals surface area contributed by atoms with Gasteiger partial charge < -0.3 is 0 Å². The SMILES string of the molecule is CC[Si](CC)(CC)[P+](c1ccccc1)(c1ccccc1)c1ccc(C)cc1. The van der Waals surface area contributed by atoms with E-state index in [2.05, 4.69) is 113 Å². The summed E-state index contributed by atoms with van der Waals surface area (Å²) in [6, 6.07) is 36.4. The Balaban J connectivity index is 2.47. The fraction of sp³-hybridized carbons (Fsp3) is 0.280. The van der Waals surface area contributed by atoms with Crippen molar-refractivity contribution in [3.63, 3.8) is 0 Å². The van der Waals surface area contributed by atoms with Crippen molar-refractivity contribution in [3.8, 4) is 0 Å². The van der Waals surface area contributed by atoms with Crippen LogP contribution < -0.4 is 15.9 Å². The molecule has 0 heterocycles. The molecular weight excluding hydrogens is 359 g/mol. The van der Waals surface area contributed by atoms with Gasteiger partial charge in [-0.15, -0.1) is 0 Å². The predicted molar refractivity (Wildman–Crippen MR) is 127 cm³/mol. The maximum absolute atomic E-state index is 2.45. The van der Waals surface area contributed by atoms with Crippen LogP contribution in [0.3, 0.4) is 0 Å². The normalized spacial score (nSPS) is 12.1. The third-order valence-corrected chi connectivity index (χ3v) is 24.4. The van der Waals surface area contributed by atoms with Crippen LogP contribution >= 0.6 is 6.81 Å². The standard InChI is InChI=1S/C25H32PSi/c1-5-27(6-2,7-3)26(23-14-10-8-11-15-23,24-16-12-9-13-17-24)25-20-18-22(4)19-21-25/h8-21H,5-7H2,1-4H3/q+1. The van der Waals surface area contributed by atoms with Gasteiger partial charge in [-0.1, -0.05) is 74.9 Å². The van der Waals surface area contributed by atoms with Gasteiger partial charge in [0.25, 0.3) is 0 Å². The van der Waals surface area contributed by atoms with E-state index in [1.165, 1.54) is 23.7 Å². The molecule has 0 fully saturated rings. The van der Waals surface area contributed by atoms with Gasteiger partial charge in [0.15, 0.2) is 0 Å². The highest BCUT2D eigenvalue weighted by Crippen LogP contribution is 2.67. The first-order valence-corrected chi connectivity index (χ1v) is 15.5. The van der Waals surface area contributed by atoms with Crippen molar-refractivity contribution in [2.45, 2.75) is 45.8 Å². The molecule has 0 aliphatic rings. The number of aryl methyl sites for hydroxylation is 1. The van der Waals surface area contributed by atoms with E-state index in [4.69, 9.17) is 0 Å². The van der Waals surface area contributed by atoms with Gasteiger partial charge in [-0.3, -0.25) is 0 Å². The molecule has 0 aromatic heterocycles. The molecule has 0 atom stereocenters. The maximum Gasteiger partial charge on any atom is 0.246 e. The van der Waals surface area contributed by atoms with Gasteiger partial charge in [0, 0.05) is 0 Å². The highest BCUT2D eigenvalue weighted by molar-refractivity contribution is 8.22. The Bertz CT molecular complexity index is 789. The van der Waals surface area contributed by atoms with Crippen LogP contribution in [0, 0.1) is 6.92 Å². The first-order valence-electron chi connectivity index (χ1n) is 10.2. The fourth-order valence-corrected chi connectivity index (χ4v) is 22.6. The molecule has 0 aliphatic carbocycles. The van der Waals surface area contributed by atoms with Crippen molar-refractivity contribution >= 4 is 30.5 Å². The second-order valence-corrected chi connectivity index (χ2v) is 19.8. The summed E-state index contributed by atoms with van der Waals surface area (Å²) in [5, 5.41) is 4.71. The molecule has 3 aromatic carbocycles. The zero-order valence-corrected chi connectivity index (χ0v) is 19.0. The molecule has 0 amide bonds. The van der Waals surface area contributed by atoms with E-state index in [0.717, 1.165) is 0 Å². The first kappa shape index (κ1) is 20.1. The zero-order chi connectivity index (χ0) is 19.3. The van der Waals surface area contributed by atoms with E-state index in [0.29, 0.717) is 0 Å². The minimum Gasteiger partial charge on any atom is -0.0644 e. The maximum atomic E-state index is 2.45. The van der Waals surface area contributed by atoms with E-state index in [-0.39, 0.29) is 0 Å². The summed E-state index contributed by atoms with van der Waals surface area (Å²) < 4.78 is 0. The highest BCUT2D eigenvalue weighted by Gasteiger charge is 2.61. The Morgan fingerprint density at radius 1 is 0.556 bits per heavy atom. The number of benzene rings is 3. The average molecular weight is 392 g/mol. The van der Waals surface area contributed by atoms with Crippen molar-refractivity contribution in [1.29, 1.82) is 0 Å². The molecule has 0 N–H and O–H groups in total. The molecular formula is C25H32PSi+. The lowest BCUT2D eigenvalue weighted by atomic mass is 10.2. The number of rotatable bonds is 7. The van der Waals surface area contributed by atoms with Gasteiger partial charge in [-0.2, -0.15) is 0 Å². The Morgan fingerprint density at radius 2 is 0.926 bits per heavy atom. The molecule has 0 saturated heterocycles. The van der Waals surface area contributed by atoms with Crippen molar-refractivity contribution in [2.75, 3.05) is 0 Å². The Labute approximate surface area is 166 Å². The van der Waals surface area contributed by atoms with Gasteiger partial charge in [0.2, 0.25) is 7.74 Å². The van der Waals surface area contributed by atoms with Crippen molar-refractivity contribution in [1.82, 2.24) is 0 Å². The summed E-state index contributed by atoms with van der Waals surface area (Å²) in [5.74, 6) is 0. The molecule has 27 heavy (non-hydrogen) atoms. The van der Waals surface area contributed by atoms with Crippen molar-refractivity contribution in [3.05, 3.63) is 90.5 Å². The lowest BCUT2D eigenvalue weighted by Crippen LogP contribution is -2.50. The smallest absolute Gasteiger partial charge is 0.0644 e. The summed E-state index contributed by atoms with van der Waals surface area (Å²) in [4.78, 5) is 0. The summed E-state index contributed by atoms with van der Waals surface area (Å²) >= 11 is 0. The van der Waals surface area contributed by atoms with Crippen LogP contribution in [0.1, 0.15) is 26.3 Å². The van der Waals surface area contributed by atoms with Crippen LogP contribution in [0.2, 0.25) is 18.1 Å². The molecule has 2 heteroatoms. The van der Waals surface area contributed by atoms with Crippen LogP contribution in [0.4, 0.5) is 0 Å². The molecule has 0 spiro atoms. The predicted octanol–water partition coefficient (Wildman–Crippen LogP) is 6.29. The third-order valence-electron chi connectivity index (χ3n) is 6.39. The van der Waals surface area contributed by atoms with Crippen molar-refractivity contribution < 1.29 is 0 Å². The monoisotopic (exact) mass is 391 g/mol. The lowest BCUT2D eigenvalue weighted by Gasteiger charge is -2.42. The molecule has 3 rings (SSSR count). The fourth-order valence-electron chi connectivity index (χ4n) is 4.80. The van der Waals surface area contributed by atoms with E-state index in [9.17, 15) is 0 Å². The summed E-state index contributed by atoms with van der Waals surface area (Å²) in [6.45, 7) is 7.88. The summed E-state index contributed by atoms with van der Waals surface area (Å²) in [6.07, 6.45) is 0. The van der Waals surface area contributed by atoms with E-state index >= 15 is 0 Å². The minimum atomic E-state index is -1.68. The molecule has 0 bridgehead atoms. The molecule has 140 valence electrons. The highest BCUT2D eigenvalue weighted by atomic mass is 31.4. The Kier molecular flexibility index (Phi) is 6.35. The minimum absolute atomic E-state index is 1.32. The summed E-state index contributed by atoms with van der Waals surface area (Å²) in [5.41, 5.74) is 1.34. The second kappa shape index (κ2) is 8.55. The zero-order valence-electron chi connectivity index (χ0n) is 17.2. The van der Waals surface area contributed by atoms with E-state index in [1.807, 2.05) is 0 Å². The summed E-state index contributed by atoms with van der Waals surface area (Å²) in [7, 11) is -1.63. The lowest BCUT2D eigenvalue weighted by molar-refractivity contribution is 1.22. The third kappa shape index (κ3) is 3.33. The van der Waals surface area contributed by atoms with Gasteiger partial charge in [-0.05, 0) is 61.5 Å². The van der Waals surface area contributed by atoms with E-state index < -0.39 is 14.6 Å². The molecule has 3 aromatic rings. The second-order valence-electron chi connectivity index (χ2n) is 7.46. The van der Waals surface area contributed by atoms with Gasteiger partial charge in [-0.25, -0.2) is 0 Å². The van der Waals surface area contributed by atoms with Crippen molar-refractivity contribution in [2.24, 2.45) is 0 Å². The van der Waals surface area contributed by atoms with Gasteiger partial charge in [0.05, 0.1) is 22.7 Å². The average Bonchev–Trinajstić information content (AvgIpc) is 2.74. The molecule has 0 nitrogen and oxygen atoms in total. The number of hydrogen-bond donors (Lipinski definition) is 0. The van der Waals surface area contributed by atoms with Gasteiger partial charge in [0.1, 0.15) is 0 Å². The molecule has 0 radical (unpaired) electrons. The van der Waals surface area contributed by atoms with E-state index in [1.54, 1.807) is 15.9 Å². The van der Waals surface area contributed by atoms with Crippen LogP contribution in [0.15, 0.2) is 84.9 Å². The Morgan fingerprint density at radius 3 is 1.30 bits per heavy atom. The van der Waals surface area contributed by atoms with Crippen LogP contribution in [0.25, 0.3) is 0 Å². The topological polar surface area (TPSA) is 0 Å². The first-order chi connectivity index (χ1) is 13.1. The van der Waals surface area contributed by atoms with Crippen LogP contribution in [0.5, 0.6) is 0 Å². The molecule has 0 saturated carbocycles. The Hall–Kier alpha value is -1.69. The number of hydrogen-bond acceptors (Lipinski definition) is 0. The van der Waals surface area contributed by atoms with Crippen LogP contribution in [-0.4, -0.2) is 7.74 Å². The largest absolute Gasteiger partial charge is 0.246 e. The molecule has 0 unspecified atom stereocenters. The molecule has 0 aliphatic heterocycles.